The molecule has 0 radical (unpaired) electrons. The zero-order valence-electron chi connectivity index (χ0n) is 8.51. The van der Waals surface area contributed by atoms with E-state index in [-0.39, 0.29) is 6.61 Å². The second-order valence-corrected chi connectivity index (χ2v) is 3.26. The Morgan fingerprint density at radius 2 is 2.21 bits per heavy atom. The minimum absolute atomic E-state index is 0.120. The molecule has 0 aliphatic heterocycles. The van der Waals surface area contributed by atoms with Crippen molar-refractivity contribution < 1.29 is 10.2 Å². The highest BCUT2D eigenvalue weighted by molar-refractivity contribution is 5.43. The van der Waals surface area contributed by atoms with Crippen LogP contribution < -0.4 is 4.90 Å². The molecule has 1 aromatic heterocycles. The van der Waals surface area contributed by atoms with E-state index in [9.17, 15) is 5.11 Å². The van der Waals surface area contributed by atoms with Gasteiger partial charge in [0.1, 0.15) is 0 Å². The first-order valence-corrected chi connectivity index (χ1v) is 4.61. The molecule has 0 fully saturated rings. The third-order valence-electron chi connectivity index (χ3n) is 2.07. The van der Waals surface area contributed by atoms with Gasteiger partial charge in [0.25, 0.3) is 0 Å². The molecule has 1 rings (SSSR count). The number of aromatic nitrogens is 1. The summed E-state index contributed by atoms with van der Waals surface area (Å²) in [6.45, 7) is 2.38. The van der Waals surface area contributed by atoms with E-state index in [4.69, 9.17) is 5.11 Å². The Balaban J connectivity index is 2.72. The zero-order chi connectivity index (χ0) is 10.6. The fourth-order valence-corrected chi connectivity index (χ4v) is 1.15. The van der Waals surface area contributed by atoms with Crippen LogP contribution in [0.4, 0.5) is 5.69 Å². The van der Waals surface area contributed by atoms with Crippen molar-refractivity contribution in [2.24, 2.45) is 0 Å². The monoisotopic (exact) mass is 196 g/mol. The lowest BCUT2D eigenvalue weighted by atomic mass is 10.2. The Morgan fingerprint density at radius 3 is 2.64 bits per heavy atom. The lowest BCUT2D eigenvalue weighted by Gasteiger charge is -2.17. The molecule has 1 atom stereocenters. The Bertz CT molecular complexity index is 272. The van der Waals surface area contributed by atoms with Crippen molar-refractivity contribution in [1.29, 1.82) is 0 Å². The molecule has 0 unspecified atom stereocenters. The van der Waals surface area contributed by atoms with E-state index in [0.717, 1.165) is 5.69 Å². The molecule has 2 N–H and O–H groups in total. The van der Waals surface area contributed by atoms with Gasteiger partial charge < -0.3 is 15.1 Å². The summed E-state index contributed by atoms with van der Waals surface area (Å²) in [6, 6.07) is 3.67. The van der Waals surface area contributed by atoms with E-state index < -0.39 is 6.10 Å². The van der Waals surface area contributed by atoms with Crippen LogP contribution in [0.2, 0.25) is 0 Å². The molecule has 0 aliphatic carbocycles. The Labute approximate surface area is 83.8 Å². The van der Waals surface area contributed by atoms with Crippen LogP contribution in [-0.4, -0.2) is 35.4 Å². The van der Waals surface area contributed by atoms with Crippen LogP contribution in [0, 0.1) is 0 Å². The second kappa shape index (κ2) is 4.93. The van der Waals surface area contributed by atoms with Crippen LogP contribution in [0.3, 0.4) is 0 Å². The number of pyridine rings is 1. The van der Waals surface area contributed by atoms with Gasteiger partial charge in [-0.05, 0) is 19.1 Å². The molecule has 0 bridgehead atoms. The van der Waals surface area contributed by atoms with E-state index >= 15 is 0 Å². The Kier molecular flexibility index (Phi) is 3.85. The third-order valence-corrected chi connectivity index (χ3v) is 2.07. The first-order valence-electron chi connectivity index (χ1n) is 4.61. The van der Waals surface area contributed by atoms with Gasteiger partial charge in [-0.25, -0.2) is 0 Å². The van der Waals surface area contributed by atoms with Crippen LogP contribution >= 0.6 is 0 Å². The highest BCUT2D eigenvalue weighted by atomic mass is 16.3. The van der Waals surface area contributed by atoms with Gasteiger partial charge in [-0.15, -0.1) is 0 Å². The van der Waals surface area contributed by atoms with Crippen molar-refractivity contribution in [2.45, 2.75) is 13.0 Å². The van der Waals surface area contributed by atoms with Crippen molar-refractivity contribution in [3.8, 4) is 0 Å². The Hall–Kier alpha value is -1.13. The van der Waals surface area contributed by atoms with Crippen LogP contribution in [0.15, 0.2) is 18.3 Å². The van der Waals surface area contributed by atoms with Crippen molar-refractivity contribution >= 4 is 5.69 Å². The van der Waals surface area contributed by atoms with Gasteiger partial charge >= 0.3 is 0 Å². The average molecular weight is 196 g/mol. The van der Waals surface area contributed by atoms with Gasteiger partial charge in [-0.1, -0.05) is 0 Å². The van der Waals surface area contributed by atoms with Crippen LogP contribution in [0.25, 0.3) is 0 Å². The molecule has 0 saturated heterocycles. The van der Waals surface area contributed by atoms with Gasteiger partial charge in [0.2, 0.25) is 0 Å². The first-order chi connectivity index (χ1) is 6.65. The maximum absolute atomic E-state index is 9.24. The summed E-state index contributed by atoms with van der Waals surface area (Å²) in [5.41, 5.74) is 1.59. The number of likely N-dealkylation sites (N-methyl/N-ethyl adjacent to an activating group) is 1. The molecule has 78 valence electrons. The van der Waals surface area contributed by atoms with Crippen molar-refractivity contribution in [3.05, 3.63) is 24.0 Å². The molecule has 14 heavy (non-hydrogen) atoms. The molecule has 1 aromatic rings. The molecule has 4 heteroatoms. The molecular weight excluding hydrogens is 180 g/mol. The van der Waals surface area contributed by atoms with Crippen LogP contribution in [0.1, 0.15) is 18.7 Å². The topological polar surface area (TPSA) is 56.6 Å². The SMILES string of the molecule is C[C@@H](O)c1ccc(N(C)CCO)cn1. The maximum Gasteiger partial charge on any atom is 0.0931 e. The van der Waals surface area contributed by atoms with Crippen molar-refractivity contribution in [3.63, 3.8) is 0 Å². The van der Waals surface area contributed by atoms with Gasteiger partial charge in [0.15, 0.2) is 0 Å². The molecule has 0 amide bonds. The number of hydrogen-bond donors (Lipinski definition) is 2. The summed E-state index contributed by atoms with van der Waals surface area (Å²) < 4.78 is 0. The number of hydrogen-bond acceptors (Lipinski definition) is 4. The largest absolute Gasteiger partial charge is 0.395 e. The van der Waals surface area contributed by atoms with Crippen LogP contribution in [0.5, 0.6) is 0 Å². The lowest BCUT2D eigenvalue weighted by Crippen LogP contribution is -2.21. The van der Waals surface area contributed by atoms with Gasteiger partial charge in [0.05, 0.1) is 30.3 Å². The van der Waals surface area contributed by atoms with Crippen LogP contribution in [-0.2, 0) is 0 Å². The highest BCUT2D eigenvalue weighted by Crippen LogP contribution is 2.14. The van der Waals surface area contributed by atoms with E-state index in [1.165, 1.54) is 0 Å². The van der Waals surface area contributed by atoms with E-state index in [1.807, 2.05) is 18.0 Å². The summed E-state index contributed by atoms with van der Waals surface area (Å²) in [7, 11) is 1.88. The molecule has 0 spiro atoms. The summed E-state index contributed by atoms with van der Waals surface area (Å²) in [5.74, 6) is 0. The minimum Gasteiger partial charge on any atom is -0.395 e. The third kappa shape index (κ3) is 2.68. The normalized spacial score (nSPS) is 12.6. The number of aliphatic hydroxyl groups excluding tert-OH is 2. The van der Waals surface area contributed by atoms with E-state index in [1.54, 1.807) is 19.2 Å². The predicted molar refractivity (Wildman–Crippen MR) is 55.2 cm³/mol. The molecule has 0 aromatic carbocycles. The first kappa shape index (κ1) is 10.9. The molecule has 0 saturated carbocycles. The minimum atomic E-state index is -0.535. The van der Waals surface area contributed by atoms with E-state index in [2.05, 4.69) is 4.98 Å². The number of anilines is 1. The average Bonchev–Trinajstić information content (AvgIpc) is 2.18. The summed E-state index contributed by atoms with van der Waals surface area (Å²) >= 11 is 0. The van der Waals surface area contributed by atoms with Crippen molar-refractivity contribution in [2.75, 3.05) is 25.1 Å². The smallest absolute Gasteiger partial charge is 0.0931 e. The zero-order valence-corrected chi connectivity index (χ0v) is 8.51. The lowest BCUT2D eigenvalue weighted by molar-refractivity contribution is 0.194. The van der Waals surface area contributed by atoms with Gasteiger partial charge in [0, 0.05) is 13.6 Å². The van der Waals surface area contributed by atoms with E-state index in [0.29, 0.717) is 12.2 Å². The number of rotatable bonds is 4. The molecule has 1 heterocycles. The molecule has 0 aliphatic rings. The molecular formula is C10H16N2O2. The summed E-state index contributed by atoms with van der Waals surface area (Å²) in [4.78, 5) is 6.01. The second-order valence-electron chi connectivity index (χ2n) is 3.26. The fraction of sp³-hybridized carbons (Fsp3) is 0.500. The molecule has 4 nitrogen and oxygen atoms in total. The van der Waals surface area contributed by atoms with Gasteiger partial charge in [-0.2, -0.15) is 0 Å². The quantitative estimate of drug-likeness (QED) is 0.739. The fourth-order valence-electron chi connectivity index (χ4n) is 1.15. The van der Waals surface area contributed by atoms with Gasteiger partial charge in [-0.3, -0.25) is 4.98 Å². The maximum atomic E-state index is 9.24. The van der Waals surface area contributed by atoms with Crippen molar-refractivity contribution in [1.82, 2.24) is 4.98 Å². The summed E-state index contributed by atoms with van der Waals surface area (Å²) in [6.07, 6.45) is 1.16. The predicted octanol–water partition coefficient (Wildman–Crippen LogP) is 0.563. The Morgan fingerprint density at radius 1 is 1.50 bits per heavy atom. The standard InChI is InChI=1S/C10H16N2O2/c1-8(14)10-4-3-9(7-11-10)12(2)5-6-13/h3-4,7-8,13-14H,5-6H2,1-2H3/t8-/m1/s1. The highest BCUT2D eigenvalue weighted by Gasteiger charge is 2.04. The number of nitrogens with zero attached hydrogens (tertiary/aromatic N) is 2. The number of aliphatic hydroxyl groups is 2. The summed E-state index contributed by atoms with van der Waals surface area (Å²) in [5, 5.41) is 18.0.